The van der Waals surface area contributed by atoms with Gasteiger partial charge in [-0.25, -0.2) is 0 Å². The summed E-state index contributed by atoms with van der Waals surface area (Å²) in [5.41, 5.74) is 2.94. The van der Waals surface area contributed by atoms with E-state index in [0.717, 1.165) is 10.9 Å². The van der Waals surface area contributed by atoms with Crippen molar-refractivity contribution in [1.29, 1.82) is 0 Å². The number of aliphatic hydroxyl groups is 1. The average Bonchev–Trinajstić information content (AvgIpc) is 3.09. The normalized spacial score (nSPS) is 12.5. The van der Waals surface area contributed by atoms with E-state index in [9.17, 15) is 9.90 Å². The Hall–Kier alpha value is -2.60. The SMILES string of the molecule is COC(=O)Cc1ccc2oc(CC(O)c3c(C)noc3C)cc2c1. The third kappa shape index (κ3) is 3.19. The number of rotatable bonds is 5. The van der Waals surface area contributed by atoms with E-state index in [1.54, 1.807) is 13.8 Å². The van der Waals surface area contributed by atoms with Gasteiger partial charge in [0.1, 0.15) is 17.1 Å². The van der Waals surface area contributed by atoms with E-state index in [4.69, 9.17) is 8.94 Å². The predicted molar refractivity (Wildman–Crippen MR) is 86.6 cm³/mol. The highest BCUT2D eigenvalue weighted by Crippen LogP contribution is 2.28. The van der Waals surface area contributed by atoms with Crippen LogP contribution in [-0.4, -0.2) is 23.3 Å². The number of carbonyl (C=O) groups is 1. The molecule has 0 aliphatic heterocycles. The van der Waals surface area contributed by atoms with Crippen molar-refractivity contribution in [2.24, 2.45) is 0 Å². The number of hydrogen-bond donors (Lipinski definition) is 1. The Bertz CT molecular complexity index is 857. The van der Waals surface area contributed by atoms with Crippen LogP contribution in [0, 0.1) is 13.8 Å². The van der Waals surface area contributed by atoms with Crippen molar-refractivity contribution >= 4 is 16.9 Å². The van der Waals surface area contributed by atoms with Crippen LogP contribution >= 0.6 is 0 Å². The van der Waals surface area contributed by atoms with Gasteiger partial charge in [0.15, 0.2) is 0 Å². The number of methoxy groups -OCH3 is 1. The summed E-state index contributed by atoms with van der Waals surface area (Å²) in [7, 11) is 1.37. The topological polar surface area (TPSA) is 85.7 Å². The summed E-state index contributed by atoms with van der Waals surface area (Å²) < 4.78 is 15.5. The number of ether oxygens (including phenoxy) is 1. The minimum Gasteiger partial charge on any atom is -0.469 e. The molecule has 1 aromatic carbocycles. The van der Waals surface area contributed by atoms with Crippen LogP contribution in [-0.2, 0) is 22.4 Å². The molecule has 0 bridgehead atoms. The maximum Gasteiger partial charge on any atom is 0.309 e. The third-order valence-corrected chi connectivity index (χ3v) is 4.02. The molecule has 0 saturated heterocycles. The first-order chi connectivity index (χ1) is 11.5. The first-order valence-electron chi connectivity index (χ1n) is 7.67. The lowest BCUT2D eigenvalue weighted by Gasteiger charge is -2.07. The van der Waals surface area contributed by atoms with Gasteiger partial charge in [-0.05, 0) is 37.6 Å². The number of hydrogen-bond acceptors (Lipinski definition) is 6. The maximum atomic E-state index is 11.4. The summed E-state index contributed by atoms with van der Waals surface area (Å²) >= 11 is 0. The van der Waals surface area contributed by atoms with Gasteiger partial charge in [-0.15, -0.1) is 0 Å². The Labute approximate surface area is 139 Å². The second kappa shape index (κ2) is 6.49. The van der Waals surface area contributed by atoms with Crippen LogP contribution in [0.1, 0.15) is 34.4 Å². The second-order valence-corrected chi connectivity index (χ2v) is 5.80. The molecule has 0 aliphatic carbocycles. The molecule has 1 atom stereocenters. The van der Waals surface area contributed by atoms with Crippen LogP contribution in [0.15, 0.2) is 33.2 Å². The molecule has 6 nitrogen and oxygen atoms in total. The maximum absolute atomic E-state index is 11.4. The van der Waals surface area contributed by atoms with Gasteiger partial charge in [0.2, 0.25) is 0 Å². The summed E-state index contributed by atoms with van der Waals surface area (Å²) in [6, 6.07) is 7.41. The predicted octanol–water partition coefficient (Wildman–Crippen LogP) is 3.03. The lowest BCUT2D eigenvalue weighted by atomic mass is 10.0. The van der Waals surface area contributed by atoms with E-state index >= 15 is 0 Å². The fourth-order valence-corrected chi connectivity index (χ4v) is 2.86. The Morgan fingerprint density at radius 1 is 1.33 bits per heavy atom. The molecule has 0 amide bonds. The molecule has 0 fully saturated rings. The standard InChI is InChI=1S/C18H19NO5/c1-10-18(11(2)24-19-10)15(20)9-14-8-13-6-12(7-17(21)22-3)4-5-16(13)23-14/h4-6,8,15,20H,7,9H2,1-3H3. The molecule has 0 saturated carbocycles. The Kier molecular flexibility index (Phi) is 4.40. The molecule has 2 heterocycles. The zero-order valence-corrected chi connectivity index (χ0v) is 13.8. The van der Waals surface area contributed by atoms with Crippen molar-refractivity contribution in [2.75, 3.05) is 7.11 Å². The van der Waals surface area contributed by atoms with Gasteiger partial charge in [0.05, 0.1) is 25.3 Å². The van der Waals surface area contributed by atoms with Crippen LogP contribution < -0.4 is 0 Å². The summed E-state index contributed by atoms with van der Waals surface area (Å²) in [5, 5.41) is 15.2. The number of aromatic nitrogens is 1. The van der Waals surface area contributed by atoms with Crippen LogP contribution in [0.3, 0.4) is 0 Å². The van der Waals surface area contributed by atoms with Gasteiger partial charge < -0.3 is 18.8 Å². The van der Waals surface area contributed by atoms with Crippen molar-refractivity contribution in [3.63, 3.8) is 0 Å². The number of carbonyl (C=O) groups excluding carboxylic acids is 1. The number of esters is 1. The molecular formula is C18H19NO5. The van der Waals surface area contributed by atoms with Gasteiger partial charge >= 0.3 is 5.97 Å². The molecule has 1 unspecified atom stereocenters. The molecule has 1 N–H and O–H groups in total. The highest BCUT2D eigenvalue weighted by molar-refractivity contribution is 5.81. The molecular weight excluding hydrogens is 310 g/mol. The minimum absolute atomic E-state index is 0.217. The second-order valence-electron chi connectivity index (χ2n) is 5.80. The average molecular weight is 329 g/mol. The minimum atomic E-state index is -0.744. The van der Waals surface area contributed by atoms with Gasteiger partial charge in [0.25, 0.3) is 0 Å². The van der Waals surface area contributed by atoms with Crippen LogP contribution in [0.25, 0.3) is 11.0 Å². The van der Waals surface area contributed by atoms with E-state index in [-0.39, 0.29) is 12.4 Å². The Morgan fingerprint density at radius 3 is 2.79 bits per heavy atom. The molecule has 2 aromatic heterocycles. The third-order valence-electron chi connectivity index (χ3n) is 4.02. The summed E-state index contributed by atoms with van der Waals surface area (Å²) in [4.78, 5) is 11.4. The lowest BCUT2D eigenvalue weighted by molar-refractivity contribution is -0.139. The van der Waals surface area contributed by atoms with Crippen LogP contribution in [0.4, 0.5) is 0 Å². The first kappa shape index (κ1) is 16.3. The Morgan fingerprint density at radius 2 is 2.12 bits per heavy atom. The largest absolute Gasteiger partial charge is 0.469 e. The zero-order valence-electron chi connectivity index (χ0n) is 13.8. The fourth-order valence-electron chi connectivity index (χ4n) is 2.86. The zero-order chi connectivity index (χ0) is 17.3. The molecule has 3 rings (SSSR count). The molecule has 6 heteroatoms. The lowest BCUT2D eigenvalue weighted by Crippen LogP contribution is -2.03. The summed E-state index contributed by atoms with van der Waals surface area (Å²) in [6.45, 7) is 3.57. The van der Waals surface area contributed by atoms with Gasteiger partial charge in [-0.3, -0.25) is 4.79 Å². The molecule has 24 heavy (non-hydrogen) atoms. The van der Waals surface area contributed by atoms with Crippen molar-refractivity contribution in [2.45, 2.75) is 32.8 Å². The van der Waals surface area contributed by atoms with Gasteiger partial charge in [-0.2, -0.15) is 0 Å². The van der Waals surface area contributed by atoms with Crippen molar-refractivity contribution < 1.29 is 23.6 Å². The highest BCUT2D eigenvalue weighted by atomic mass is 16.5. The van der Waals surface area contributed by atoms with E-state index in [1.807, 2.05) is 24.3 Å². The van der Waals surface area contributed by atoms with Crippen molar-refractivity contribution in [3.8, 4) is 0 Å². The van der Waals surface area contributed by atoms with Crippen molar-refractivity contribution in [1.82, 2.24) is 5.16 Å². The fraction of sp³-hybridized carbons (Fsp3) is 0.333. The molecule has 126 valence electrons. The summed E-state index contributed by atoms with van der Waals surface area (Å²) in [6.07, 6.45) is -0.204. The van der Waals surface area contributed by atoms with Gasteiger partial charge in [0, 0.05) is 17.4 Å². The molecule has 0 radical (unpaired) electrons. The highest BCUT2D eigenvalue weighted by Gasteiger charge is 2.20. The Balaban J connectivity index is 1.82. The summed E-state index contributed by atoms with van der Waals surface area (Å²) in [5.74, 6) is 0.982. The number of aliphatic hydroxyl groups excluding tert-OH is 1. The molecule has 3 aromatic rings. The van der Waals surface area contributed by atoms with E-state index < -0.39 is 6.10 Å². The van der Waals surface area contributed by atoms with E-state index in [0.29, 0.717) is 34.8 Å². The van der Waals surface area contributed by atoms with Crippen molar-refractivity contribution in [3.05, 3.63) is 52.6 Å². The molecule has 0 spiro atoms. The van der Waals surface area contributed by atoms with Gasteiger partial charge in [-0.1, -0.05) is 11.2 Å². The smallest absolute Gasteiger partial charge is 0.309 e. The number of fused-ring (bicyclic) bond motifs is 1. The first-order valence-corrected chi connectivity index (χ1v) is 7.67. The van der Waals surface area contributed by atoms with E-state index in [2.05, 4.69) is 9.89 Å². The van der Waals surface area contributed by atoms with E-state index in [1.165, 1.54) is 7.11 Å². The number of nitrogens with zero attached hydrogens (tertiary/aromatic N) is 1. The number of furan rings is 1. The molecule has 0 aliphatic rings. The quantitative estimate of drug-likeness (QED) is 0.724. The number of benzene rings is 1. The van der Waals surface area contributed by atoms with Crippen LogP contribution in [0.5, 0.6) is 0 Å². The van der Waals surface area contributed by atoms with Crippen LogP contribution in [0.2, 0.25) is 0 Å². The number of aryl methyl sites for hydroxylation is 2. The monoisotopic (exact) mass is 329 g/mol.